The summed E-state index contributed by atoms with van der Waals surface area (Å²) in [6.45, 7) is 5.84. The molecule has 2 N–H and O–H groups in total. The van der Waals surface area contributed by atoms with Gasteiger partial charge >= 0.3 is 0 Å². The number of aromatic nitrogens is 1. The molecule has 3 rings (SSSR count). The summed E-state index contributed by atoms with van der Waals surface area (Å²) < 4.78 is 0.923. The number of nitrogens with zero attached hydrogens (tertiary/aromatic N) is 2. The molecule has 1 aliphatic rings. The van der Waals surface area contributed by atoms with Crippen LogP contribution in [0.25, 0.3) is 0 Å². The van der Waals surface area contributed by atoms with Crippen LogP contribution in [0.2, 0.25) is 0 Å². The molecule has 1 fully saturated rings. The van der Waals surface area contributed by atoms with Crippen LogP contribution in [0.15, 0.2) is 41.0 Å². The molecule has 128 valence electrons. The third-order valence-electron chi connectivity index (χ3n) is 3.98. The summed E-state index contributed by atoms with van der Waals surface area (Å²) in [5.41, 5.74) is 2.65. The van der Waals surface area contributed by atoms with Crippen LogP contribution in [0.3, 0.4) is 0 Å². The molecule has 0 aliphatic carbocycles. The number of pyridine rings is 1. The maximum Gasteiger partial charge on any atom is 0.257 e. The molecule has 0 unspecified atom stereocenters. The van der Waals surface area contributed by atoms with E-state index < -0.39 is 0 Å². The highest BCUT2D eigenvalue weighted by molar-refractivity contribution is 9.10. The first-order valence-electron chi connectivity index (χ1n) is 7.63. The molecule has 2 aromatic rings. The van der Waals surface area contributed by atoms with Gasteiger partial charge in [0, 0.05) is 36.2 Å². The summed E-state index contributed by atoms with van der Waals surface area (Å²) >= 11 is 3.45. The van der Waals surface area contributed by atoms with Crippen LogP contribution >= 0.6 is 28.3 Å². The van der Waals surface area contributed by atoms with Crippen molar-refractivity contribution in [3.8, 4) is 0 Å². The minimum Gasteiger partial charge on any atom is -0.368 e. The van der Waals surface area contributed by atoms with Crippen LogP contribution in [0.1, 0.15) is 15.9 Å². The summed E-state index contributed by atoms with van der Waals surface area (Å²) in [6.07, 6.45) is 1.81. The van der Waals surface area contributed by atoms with E-state index in [9.17, 15) is 4.79 Å². The molecule has 1 saturated heterocycles. The van der Waals surface area contributed by atoms with Gasteiger partial charge in [-0.3, -0.25) is 4.79 Å². The van der Waals surface area contributed by atoms with E-state index in [-0.39, 0.29) is 18.3 Å². The molecule has 2 heterocycles. The zero-order valence-corrected chi connectivity index (χ0v) is 15.8. The number of carbonyl (C=O) groups is 1. The second-order valence-corrected chi connectivity index (χ2v) is 6.36. The fraction of sp³-hybridized carbons (Fsp3) is 0.294. The van der Waals surface area contributed by atoms with Crippen molar-refractivity contribution in [3.05, 3.63) is 52.1 Å². The van der Waals surface area contributed by atoms with Crippen LogP contribution in [-0.4, -0.2) is 37.1 Å². The second-order valence-electron chi connectivity index (χ2n) is 5.51. The van der Waals surface area contributed by atoms with Gasteiger partial charge in [-0.1, -0.05) is 22.0 Å². The molecule has 5 nitrogen and oxygen atoms in total. The first kappa shape index (κ1) is 18.7. The lowest BCUT2D eigenvalue weighted by molar-refractivity contribution is 0.102. The molecule has 1 amide bonds. The van der Waals surface area contributed by atoms with E-state index in [1.807, 2.05) is 43.5 Å². The molecule has 1 aliphatic heterocycles. The zero-order chi connectivity index (χ0) is 16.2. The number of hydrogen-bond acceptors (Lipinski definition) is 4. The Kier molecular flexibility index (Phi) is 6.60. The number of hydrogen-bond donors (Lipinski definition) is 2. The van der Waals surface area contributed by atoms with Gasteiger partial charge in [-0.25, -0.2) is 4.98 Å². The normalized spacial score (nSPS) is 14.0. The maximum atomic E-state index is 12.4. The quantitative estimate of drug-likeness (QED) is 0.814. The monoisotopic (exact) mass is 410 g/mol. The van der Waals surface area contributed by atoms with Gasteiger partial charge in [-0.15, -0.1) is 12.4 Å². The highest BCUT2D eigenvalue weighted by Gasteiger charge is 2.13. The van der Waals surface area contributed by atoms with Gasteiger partial charge in [0.15, 0.2) is 0 Å². The molecule has 1 aromatic carbocycles. The lowest BCUT2D eigenvalue weighted by Crippen LogP contribution is -2.43. The van der Waals surface area contributed by atoms with Crippen LogP contribution in [0.5, 0.6) is 0 Å². The van der Waals surface area contributed by atoms with Crippen LogP contribution in [-0.2, 0) is 0 Å². The van der Waals surface area contributed by atoms with E-state index in [0.717, 1.165) is 41.9 Å². The van der Waals surface area contributed by atoms with E-state index in [0.29, 0.717) is 11.4 Å². The summed E-state index contributed by atoms with van der Waals surface area (Å²) in [5.74, 6) is 0.416. The average molecular weight is 412 g/mol. The Labute approximate surface area is 156 Å². The van der Waals surface area contributed by atoms with Crippen molar-refractivity contribution in [2.45, 2.75) is 6.92 Å². The average Bonchev–Trinajstić information content (AvgIpc) is 2.59. The van der Waals surface area contributed by atoms with Crippen molar-refractivity contribution in [2.75, 3.05) is 36.4 Å². The van der Waals surface area contributed by atoms with Crippen LogP contribution < -0.4 is 15.5 Å². The predicted molar refractivity (Wildman–Crippen MR) is 103 cm³/mol. The minimum atomic E-state index is -0.147. The van der Waals surface area contributed by atoms with E-state index >= 15 is 0 Å². The minimum absolute atomic E-state index is 0. The van der Waals surface area contributed by atoms with Crippen molar-refractivity contribution >= 4 is 45.7 Å². The lowest BCUT2D eigenvalue weighted by Gasteiger charge is -2.29. The van der Waals surface area contributed by atoms with E-state index in [1.165, 1.54) is 0 Å². The number of piperazine rings is 1. The van der Waals surface area contributed by atoms with Gasteiger partial charge < -0.3 is 15.5 Å². The second kappa shape index (κ2) is 8.46. The Hall–Kier alpha value is -1.63. The van der Waals surface area contributed by atoms with Gasteiger partial charge in [0.05, 0.1) is 11.9 Å². The predicted octanol–water partition coefficient (Wildman–Crippen LogP) is 3.24. The Morgan fingerprint density at radius 2 is 2.00 bits per heavy atom. The lowest BCUT2D eigenvalue weighted by atomic mass is 10.1. The van der Waals surface area contributed by atoms with E-state index in [4.69, 9.17) is 0 Å². The molecular weight excluding hydrogens is 392 g/mol. The Morgan fingerprint density at radius 3 is 2.67 bits per heavy atom. The molecule has 0 radical (unpaired) electrons. The zero-order valence-electron chi connectivity index (χ0n) is 13.4. The number of carbonyl (C=O) groups excluding carboxylic acids is 1. The number of benzene rings is 1. The topological polar surface area (TPSA) is 57.3 Å². The molecular formula is C17H20BrClN4O. The number of amides is 1. The summed E-state index contributed by atoms with van der Waals surface area (Å²) in [4.78, 5) is 19.0. The fourth-order valence-corrected chi connectivity index (χ4v) is 2.97. The van der Waals surface area contributed by atoms with Crippen molar-refractivity contribution < 1.29 is 4.79 Å². The van der Waals surface area contributed by atoms with Crippen LogP contribution in [0, 0.1) is 6.92 Å². The third-order valence-corrected chi connectivity index (χ3v) is 4.84. The van der Waals surface area contributed by atoms with Crippen molar-refractivity contribution in [1.29, 1.82) is 0 Å². The maximum absolute atomic E-state index is 12.4. The molecule has 24 heavy (non-hydrogen) atoms. The van der Waals surface area contributed by atoms with Crippen molar-refractivity contribution in [3.63, 3.8) is 0 Å². The molecule has 0 saturated carbocycles. The van der Waals surface area contributed by atoms with Gasteiger partial charge in [-0.05, 0) is 36.8 Å². The number of rotatable bonds is 3. The van der Waals surface area contributed by atoms with Gasteiger partial charge in [0.1, 0.15) is 5.82 Å². The standard InChI is InChI=1S/C17H19BrN4O.ClH/c1-12-14(3-2-4-15(12)18)17(23)21-16-6-5-13(11-20-16)22-9-7-19-8-10-22;/h2-6,11,19H,7-10H2,1H3,(H,20,21,23);1H. The first-order valence-corrected chi connectivity index (χ1v) is 8.42. The molecule has 0 spiro atoms. The highest BCUT2D eigenvalue weighted by Crippen LogP contribution is 2.21. The van der Waals surface area contributed by atoms with Crippen LogP contribution in [0.4, 0.5) is 11.5 Å². The van der Waals surface area contributed by atoms with Gasteiger partial charge in [0.2, 0.25) is 0 Å². The van der Waals surface area contributed by atoms with Gasteiger partial charge in [-0.2, -0.15) is 0 Å². The fourth-order valence-electron chi connectivity index (χ4n) is 2.61. The Balaban J connectivity index is 0.00000208. The van der Waals surface area contributed by atoms with E-state index in [1.54, 1.807) is 0 Å². The first-order chi connectivity index (χ1) is 11.1. The highest BCUT2D eigenvalue weighted by atomic mass is 79.9. The smallest absolute Gasteiger partial charge is 0.257 e. The summed E-state index contributed by atoms with van der Waals surface area (Å²) in [7, 11) is 0. The molecule has 1 aromatic heterocycles. The SMILES string of the molecule is Cc1c(Br)cccc1C(=O)Nc1ccc(N2CCNCC2)cn1.Cl. The molecule has 0 atom stereocenters. The number of halogens is 2. The summed E-state index contributed by atoms with van der Waals surface area (Å²) in [5, 5.41) is 6.18. The third kappa shape index (κ3) is 4.26. The van der Waals surface area contributed by atoms with Crippen molar-refractivity contribution in [2.24, 2.45) is 0 Å². The number of nitrogens with one attached hydrogen (secondary N) is 2. The largest absolute Gasteiger partial charge is 0.368 e. The summed E-state index contributed by atoms with van der Waals surface area (Å²) in [6, 6.07) is 9.44. The van der Waals surface area contributed by atoms with Gasteiger partial charge in [0.25, 0.3) is 5.91 Å². The Morgan fingerprint density at radius 1 is 1.25 bits per heavy atom. The Bertz CT molecular complexity index is 702. The molecule has 0 bridgehead atoms. The molecule has 7 heteroatoms. The number of anilines is 2. The van der Waals surface area contributed by atoms with Crippen molar-refractivity contribution in [1.82, 2.24) is 10.3 Å². The van der Waals surface area contributed by atoms with E-state index in [2.05, 4.69) is 36.4 Å².